The van der Waals surface area contributed by atoms with Gasteiger partial charge < -0.3 is 0 Å². The Morgan fingerprint density at radius 3 is 2.30 bits per heavy atom. The van der Waals surface area contributed by atoms with E-state index in [1.54, 1.807) is 12.1 Å². The molecule has 112 valence electrons. The lowest BCUT2D eigenvalue weighted by Crippen LogP contribution is -2.16. The van der Waals surface area contributed by atoms with Gasteiger partial charge in [0.15, 0.2) is 0 Å². The Morgan fingerprint density at radius 2 is 1.65 bits per heavy atom. The van der Waals surface area contributed by atoms with E-state index < -0.39 is 0 Å². The van der Waals surface area contributed by atoms with Gasteiger partial charge in [0.1, 0.15) is 5.82 Å². The first kappa shape index (κ1) is 16.2. The van der Waals surface area contributed by atoms with Crippen molar-refractivity contribution in [1.82, 2.24) is 0 Å². The second kappa shape index (κ2) is 8.99. The maximum absolute atomic E-state index is 12.9. The summed E-state index contributed by atoms with van der Waals surface area (Å²) in [5.74, 6) is 2.85. The van der Waals surface area contributed by atoms with Crippen LogP contribution in [0, 0.1) is 5.82 Å². The molecule has 3 heteroatoms. The summed E-state index contributed by atoms with van der Waals surface area (Å²) >= 11 is 4.21. The van der Waals surface area contributed by atoms with Crippen LogP contribution in [0.5, 0.6) is 0 Å². The first-order valence-electron chi connectivity index (χ1n) is 7.78. The zero-order valence-electron chi connectivity index (χ0n) is 12.3. The molecule has 0 amide bonds. The first-order valence-corrected chi connectivity index (χ1v) is 9.88. The Labute approximate surface area is 131 Å². The largest absolute Gasteiger partial charge is 0.207 e. The van der Waals surface area contributed by atoms with Crippen molar-refractivity contribution in [3.8, 4) is 0 Å². The maximum atomic E-state index is 12.9. The first-order chi connectivity index (χ1) is 9.79. The van der Waals surface area contributed by atoms with Gasteiger partial charge in [-0.05, 0) is 24.1 Å². The van der Waals surface area contributed by atoms with Crippen molar-refractivity contribution < 1.29 is 4.39 Å². The van der Waals surface area contributed by atoms with Crippen LogP contribution in [0.1, 0.15) is 56.9 Å². The number of hydrogen-bond donors (Lipinski definition) is 0. The maximum Gasteiger partial charge on any atom is 0.123 e. The third kappa shape index (κ3) is 5.33. The van der Waals surface area contributed by atoms with Crippen LogP contribution in [0.25, 0.3) is 0 Å². The summed E-state index contributed by atoms with van der Waals surface area (Å²) in [7, 11) is 0. The van der Waals surface area contributed by atoms with Gasteiger partial charge >= 0.3 is 0 Å². The van der Waals surface area contributed by atoms with E-state index in [2.05, 4.69) is 30.4 Å². The summed E-state index contributed by atoms with van der Waals surface area (Å²) in [4.78, 5) is 0. The third-order valence-corrected chi connectivity index (χ3v) is 7.07. The number of hydrogen-bond acceptors (Lipinski definition) is 2. The number of unbranched alkanes of at least 4 members (excludes halogenated alkanes) is 4. The van der Waals surface area contributed by atoms with Gasteiger partial charge in [-0.2, -0.15) is 0 Å². The van der Waals surface area contributed by atoms with Crippen molar-refractivity contribution in [2.75, 3.05) is 11.5 Å². The predicted octanol–water partition coefficient (Wildman–Crippen LogP) is 6.08. The van der Waals surface area contributed by atoms with Crippen LogP contribution in [0.15, 0.2) is 24.3 Å². The minimum atomic E-state index is -0.130. The molecule has 0 N–H and O–H groups in total. The Balaban J connectivity index is 1.66. The molecule has 0 atom stereocenters. The van der Waals surface area contributed by atoms with Gasteiger partial charge in [0.2, 0.25) is 0 Å². The van der Waals surface area contributed by atoms with Crippen molar-refractivity contribution in [3.63, 3.8) is 0 Å². The monoisotopic (exact) mass is 312 g/mol. The fraction of sp³-hybridized carbons (Fsp3) is 0.647. The summed E-state index contributed by atoms with van der Waals surface area (Å²) in [6, 6.07) is 7.08. The third-order valence-electron chi connectivity index (χ3n) is 3.85. The van der Waals surface area contributed by atoms with Gasteiger partial charge in [-0.3, -0.25) is 0 Å². The standard InChI is InChI=1S/C17H25FS2/c1-2-3-4-5-6-7-17-19-12-15(13-20-17)14-8-10-16(18)11-9-14/h8-11,15,17H,2-7,12-13H2,1H3. The Hall–Kier alpha value is -0.150. The summed E-state index contributed by atoms with van der Waals surface area (Å²) < 4.78 is 13.7. The second-order valence-corrected chi connectivity index (χ2v) is 8.32. The van der Waals surface area contributed by atoms with Gasteiger partial charge in [-0.1, -0.05) is 51.2 Å². The zero-order valence-corrected chi connectivity index (χ0v) is 13.9. The predicted molar refractivity (Wildman–Crippen MR) is 91.2 cm³/mol. The van der Waals surface area contributed by atoms with Crippen LogP contribution >= 0.6 is 23.5 Å². The number of benzene rings is 1. The molecule has 0 nitrogen and oxygen atoms in total. The zero-order chi connectivity index (χ0) is 14.2. The normalized spacial score (nSPS) is 22.9. The quantitative estimate of drug-likeness (QED) is 0.560. The Bertz CT molecular complexity index is 369. The molecule has 1 aromatic carbocycles. The molecule has 1 aliphatic heterocycles. The molecule has 1 fully saturated rings. The van der Waals surface area contributed by atoms with Gasteiger partial charge in [0, 0.05) is 17.4 Å². The molecule has 2 rings (SSSR count). The van der Waals surface area contributed by atoms with E-state index in [4.69, 9.17) is 0 Å². The molecule has 0 saturated carbocycles. The minimum Gasteiger partial charge on any atom is -0.207 e. The summed E-state index contributed by atoms with van der Waals surface area (Å²) in [6.07, 6.45) is 8.24. The fourth-order valence-corrected chi connectivity index (χ4v) is 5.74. The van der Waals surface area contributed by atoms with Crippen LogP contribution in [0.2, 0.25) is 0 Å². The van der Waals surface area contributed by atoms with Crippen LogP contribution in [0.3, 0.4) is 0 Å². The molecule has 1 aromatic rings. The average molecular weight is 313 g/mol. The van der Waals surface area contributed by atoms with Crippen LogP contribution in [0.4, 0.5) is 4.39 Å². The van der Waals surface area contributed by atoms with E-state index in [0.717, 1.165) is 4.58 Å². The Morgan fingerprint density at radius 1 is 1.00 bits per heavy atom. The van der Waals surface area contributed by atoms with Crippen LogP contribution < -0.4 is 0 Å². The molecule has 0 aromatic heterocycles. The molecule has 0 radical (unpaired) electrons. The van der Waals surface area contributed by atoms with E-state index in [1.165, 1.54) is 55.6 Å². The van der Waals surface area contributed by atoms with Gasteiger partial charge in [-0.25, -0.2) is 4.39 Å². The second-order valence-electron chi connectivity index (χ2n) is 5.55. The average Bonchev–Trinajstić information content (AvgIpc) is 2.49. The molecule has 1 aliphatic rings. The SMILES string of the molecule is CCCCCCCC1SCC(c2ccc(F)cc2)CS1. The minimum absolute atomic E-state index is 0.130. The highest BCUT2D eigenvalue weighted by Crippen LogP contribution is 2.40. The molecule has 0 aliphatic carbocycles. The molecular weight excluding hydrogens is 287 g/mol. The van der Waals surface area contributed by atoms with E-state index in [0.29, 0.717) is 5.92 Å². The molecule has 1 heterocycles. The lowest BCUT2D eigenvalue weighted by Gasteiger charge is -2.28. The lowest BCUT2D eigenvalue weighted by molar-refractivity contribution is 0.621. The van der Waals surface area contributed by atoms with E-state index in [-0.39, 0.29) is 5.82 Å². The number of rotatable bonds is 7. The highest BCUT2D eigenvalue weighted by atomic mass is 32.2. The van der Waals surface area contributed by atoms with E-state index in [1.807, 2.05) is 12.1 Å². The Kier molecular flexibility index (Phi) is 7.29. The molecular formula is C17H25FS2. The van der Waals surface area contributed by atoms with Crippen molar-refractivity contribution in [3.05, 3.63) is 35.6 Å². The van der Waals surface area contributed by atoms with Crippen LogP contribution in [-0.4, -0.2) is 16.1 Å². The highest BCUT2D eigenvalue weighted by Gasteiger charge is 2.22. The summed E-state index contributed by atoms with van der Waals surface area (Å²) in [5.41, 5.74) is 1.30. The van der Waals surface area contributed by atoms with Crippen molar-refractivity contribution in [2.24, 2.45) is 0 Å². The van der Waals surface area contributed by atoms with Gasteiger partial charge in [-0.15, -0.1) is 23.5 Å². The summed E-state index contributed by atoms with van der Waals surface area (Å²) in [5, 5.41) is 0. The van der Waals surface area contributed by atoms with Gasteiger partial charge in [0.05, 0.1) is 4.58 Å². The van der Waals surface area contributed by atoms with Crippen molar-refractivity contribution >= 4 is 23.5 Å². The van der Waals surface area contributed by atoms with Gasteiger partial charge in [0.25, 0.3) is 0 Å². The molecule has 1 saturated heterocycles. The van der Waals surface area contributed by atoms with Crippen LogP contribution in [-0.2, 0) is 0 Å². The number of halogens is 1. The summed E-state index contributed by atoms with van der Waals surface area (Å²) in [6.45, 7) is 2.27. The number of thioether (sulfide) groups is 2. The van der Waals surface area contributed by atoms with E-state index >= 15 is 0 Å². The smallest absolute Gasteiger partial charge is 0.123 e. The lowest BCUT2D eigenvalue weighted by atomic mass is 10.0. The molecule has 0 bridgehead atoms. The fourth-order valence-electron chi connectivity index (χ4n) is 2.55. The van der Waals surface area contributed by atoms with E-state index in [9.17, 15) is 4.39 Å². The highest BCUT2D eigenvalue weighted by molar-refractivity contribution is 8.17. The molecule has 20 heavy (non-hydrogen) atoms. The topological polar surface area (TPSA) is 0 Å². The molecule has 0 spiro atoms. The molecule has 0 unspecified atom stereocenters. The van der Waals surface area contributed by atoms with Crippen molar-refractivity contribution in [2.45, 2.75) is 55.9 Å². The van der Waals surface area contributed by atoms with Crippen molar-refractivity contribution in [1.29, 1.82) is 0 Å².